The van der Waals surface area contributed by atoms with Crippen LogP contribution in [0.1, 0.15) is 13.3 Å². The Hall–Kier alpha value is -0.570. The topological polar surface area (TPSA) is 23.6 Å². The lowest BCUT2D eigenvalue weighted by molar-refractivity contribution is -0.127. The number of hydrogen-bond acceptors (Lipinski definition) is 2. The van der Waals surface area contributed by atoms with E-state index < -0.39 is 0 Å². The molecule has 3 heteroatoms. The van der Waals surface area contributed by atoms with Gasteiger partial charge in [-0.05, 0) is 26.9 Å². The number of rotatable bonds is 2. The van der Waals surface area contributed by atoms with Crippen molar-refractivity contribution in [3.63, 3.8) is 0 Å². The minimum Gasteiger partial charge on any atom is -0.341 e. The second kappa shape index (κ2) is 3.90. The number of amides is 1. The Morgan fingerprint density at radius 1 is 1.75 bits per heavy atom. The van der Waals surface area contributed by atoms with Gasteiger partial charge in [0.25, 0.3) is 0 Å². The van der Waals surface area contributed by atoms with E-state index in [2.05, 4.69) is 18.9 Å². The first-order chi connectivity index (χ1) is 5.65. The molecule has 1 saturated heterocycles. The van der Waals surface area contributed by atoms with Gasteiger partial charge in [-0.3, -0.25) is 4.79 Å². The Balaban J connectivity index is 2.40. The minimum atomic E-state index is 0.190. The number of carbonyl (C=O) groups excluding carboxylic acids is 1. The summed E-state index contributed by atoms with van der Waals surface area (Å²) >= 11 is 0. The van der Waals surface area contributed by atoms with Crippen LogP contribution in [0.25, 0.3) is 0 Å². The molecule has 1 atom stereocenters. The zero-order valence-electron chi connectivity index (χ0n) is 7.92. The van der Waals surface area contributed by atoms with Crippen LogP contribution in [0.5, 0.6) is 0 Å². The van der Waals surface area contributed by atoms with Crippen LogP contribution in [-0.2, 0) is 4.79 Å². The summed E-state index contributed by atoms with van der Waals surface area (Å²) in [5.74, 6) is 0.190. The normalized spacial score (nSPS) is 23.7. The van der Waals surface area contributed by atoms with Gasteiger partial charge in [-0.25, -0.2) is 0 Å². The first-order valence-corrected chi connectivity index (χ1v) is 4.40. The second-order valence-electron chi connectivity index (χ2n) is 3.39. The van der Waals surface area contributed by atoms with Crippen molar-refractivity contribution >= 4 is 5.91 Å². The Morgan fingerprint density at radius 2 is 2.42 bits per heavy atom. The molecular formula is C9H17N2O. The average molecular weight is 169 g/mol. The molecule has 0 spiro atoms. The lowest BCUT2D eigenvalue weighted by atomic mass is 10.2. The summed E-state index contributed by atoms with van der Waals surface area (Å²) in [6, 6.07) is 0.520. The van der Waals surface area contributed by atoms with Gasteiger partial charge in [-0.15, -0.1) is 0 Å². The average Bonchev–Trinajstić information content (AvgIpc) is 2.51. The smallest absolute Gasteiger partial charge is 0.219 e. The fraction of sp³-hybridized carbons (Fsp3) is 0.778. The second-order valence-corrected chi connectivity index (χ2v) is 3.39. The highest BCUT2D eigenvalue weighted by Gasteiger charge is 2.25. The molecule has 1 amide bonds. The Labute approximate surface area is 74.3 Å². The molecule has 1 aliphatic heterocycles. The maximum atomic E-state index is 11.0. The minimum absolute atomic E-state index is 0.190. The molecule has 0 aromatic heterocycles. The Kier molecular flexibility index (Phi) is 3.09. The Morgan fingerprint density at radius 3 is 2.83 bits per heavy atom. The van der Waals surface area contributed by atoms with E-state index in [9.17, 15) is 4.79 Å². The molecule has 0 saturated carbocycles. The van der Waals surface area contributed by atoms with Gasteiger partial charge < -0.3 is 9.80 Å². The van der Waals surface area contributed by atoms with Crippen molar-refractivity contribution in [1.82, 2.24) is 9.80 Å². The zero-order valence-corrected chi connectivity index (χ0v) is 7.92. The lowest BCUT2D eigenvalue weighted by Gasteiger charge is -2.22. The molecule has 1 radical (unpaired) electrons. The third kappa shape index (κ3) is 1.97. The largest absolute Gasteiger partial charge is 0.341 e. The first kappa shape index (κ1) is 9.52. The fourth-order valence-corrected chi connectivity index (χ4v) is 1.57. The molecule has 0 N–H and O–H groups in total. The molecule has 0 aromatic rings. The maximum absolute atomic E-state index is 11.0. The van der Waals surface area contributed by atoms with E-state index in [1.807, 2.05) is 4.90 Å². The highest BCUT2D eigenvalue weighted by Crippen LogP contribution is 2.13. The van der Waals surface area contributed by atoms with Crippen molar-refractivity contribution in [2.75, 3.05) is 26.7 Å². The summed E-state index contributed by atoms with van der Waals surface area (Å²) in [5.41, 5.74) is 0. The van der Waals surface area contributed by atoms with E-state index in [0.717, 1.165) is 26.1 Å². The standard InChI is InChI=1S/C9H17N2O/c1-4-10(3)9-5-6-11(7-9)8(2)12/h9H,1,4-7H2,2-3H3. The van der Waals surface area contributed by atoms with Crippen LogP contribution in [0, 0.1) is 6.92 Å². The Bertz CT molecular complexity index is 170. The van der Waals surface area contributed by atoms with Crippen LogP contribution in [0.15, 0.2) is 0 Å². The molecule has 69 valence electrons. The van der Waals surface area contributed by atoms with Crippen LogP contribution in [0.2, 0.25) is 0 Å². The van der Waals surface area contributed by atoms with E-state index >= 15 is 0 Å². The fourth-order valence-electron chi connectivity index (χ4n) is 1.57. The van der Waals surface area contributed by atoms with Crippen LogP contribution in [0.3, 0.4) is 0 Å². The highest BCUT2D eigenvalue weighted by molar-refractivity contribution is 5.73. The van der Waals surface area contributed by atoms with Gasteiger partial charge >= 0.3 is 0 Å². The van der Waals surface area contributed by atoms with Crippen molar-refractivity contribution in [2.24, 2.45) is 0 Å². The van der Waals surface area contributed by atoms with Gasteiger partial charge in [0.1, 0.15) is 0 Å². The molecular weight excluding hydrogens is 152 g/mol. The van der Waals surface area contributed by atoms with Crippen molar-refractivity contribution in [3.05, 3.63) is 6.92 Å². The number of likely N-dealkylation sites (N-methyl/N-ethyl adjacent to an activating group) is 1. The van der Waals surface area contributed by atoms with Crippen molar-refractivity contribution in [2.45, 2.75) is 19.4 Å². The predicted molar refractivity (Wildman–Crippen MR) is 48.6 cm³/mol. The molecule has 1 rings (SSSR count). The van der Waals surface area contributed by atoms with E-state index in [1.54, 1.807) is 6.92 Å². The molecule has 1 aliphatic rings. The van der Waals surface area contributed by atoms with E-state index in [-0.39, 0.29) is 5.91 Å². The summed E-state index contributed by atoms with van der Waals surface area (Å²) in [6.45, 7) is 8.05. The lowest BCUT2D eigenvalue weighted by Crippen LogP contribution is -2.35. The van der Waals surface area contributed by atoms with Gasteiger partial charge in [-0.2, -0.15) is 0 Å². The van der Waals surface area contributed by atoms with Gasteiger partial charge in [0.2, 0.25) is 5.91 Å². The quantitative estimate of drug-likeness (QED) is 0.596. The van der Waals surface area contributed by atoms with Gasteiger partial charge in [-0.1, -0.05) is 0 Å². The molecule has 3 nitrogen and oxygen atoms in total. The predicted octanol–water partition coefficient (Wildman–Crippen LogP) is 0.373. The molecule has 0 aliphatic carbocycles. The van der Waals surface area contributed by atoms with Gasteiger partial charge in [0.05, 0.1) is 0 Å². The number of likely N-dealkylation sites (tertiary alicyclic amines) is 1. The van der Waals surface area contributed by atoms with Crippen LogP contribution < -0.4 is 0 Å². The summed E-state index contributed by atoms with van der Waals surface area (Å²) in [5, 5.41) is 0. The monoisotopic (exact) mass is 169 g/mol. The van der Waals surface area contributed by atoms with E-state index in [0.29, 0.717) is 6.04 Å². The number of nitrogens with zero attached hydrogens (tertiary/aromatic N) is 2. The summed E-state index contributed by atoms with van der Waals surface area (Å²) in [7, 11) is 2.06. The molecule has 0 bridgehead atoms. The van der Waals surface area contributed by atoms with Crippen LogP contribution in [-0.4, -0.2) is 48.4 Å². The third-order valence-corrected chi connectivity index (χ3v) is 2.58. The molecule has 12 heavy (non-hydrogen) atoms. The van der Waals surface area contributed by atoms with Crippen molar-refractivity contribution in [3.8, 4) is 0 Å². The summed E-state index contributed by atoms with van der Waals surface area (Å²) in [4.78, 5) is 15.1. The highest BCUT2D eigenvalue weighted by atomic mass is 16.2. The van der Waals surface area contributed by atoms with E-state index in [1.165, 1.54) is 0 Å². The molecule has 1 heterocycles. The van der Waals surface area contributed by atoms with Crippen molar-refractivity contribution in [1.29, 1.82) is 0 Å². The van der Waals surface area contributed by atoms with Gasteiger partial charge in [0, 0.05) is 26.1 Å². The molecule has 1 unspecified atom stereocenters. The SMILES string of the molecule is [CH2]CN(C)C1CCN(C(C)=O)C1. The van der Waals surface area contributed by atoms with E-state index in [4.69, 9.17) is 0 Å². The number of hydrogen-bond donors (Lipinski definition) is 0. The van der Waals surface area contributed by atoms with Crippen LogP contribution in [0.4, 0.5) is 0 Å². The molecule has 0 aromatic carbocycles. The number of carbonyl (C=O) groups is 1. The first-order valence-electron chi connectivity index (χ1n) is 4.40. The van der Waals surface area contributed by atoms with Gasteiger partial charge in [0.15, 0.2) is 0 Å². The summed E-state index contributed by atoms with van der Waals surface area (Å²) < 4.78 is 0. The molecule has 1 fully saturated rings. The third-order valence-electron chi connectivity index (χ3n) is 2.58. The van der Waals surface area contributed by atoms with Crippen LogP contribution >= 0.6 is 0 Å². The maximum Gasteiger partial charge on any atom is 0.219 e. The zero-order chi connectivity index (χ0) is 9.14. The summed E-state index contributed by atoms with van der Waals surface area (Å²) in [6.07, 6.45) is 1.09. The van der Waals surface area contributed by atoms with Crippen molar-refractivity contribution < 1.29 is 4.79 Å².